The van der Waals surface area contributed by atoms with Gasteiger partial charge in [0, 0.05) is 15.2 Å². The van der Waals surface area contributed by atoms with Crippen LogP contribution in [0.1, 0.15) is 13.3 Å². The molecule has 0 fully saturated rings. The fraction of sp³-hybridized carbons (Fsp3) is 1.00. The van der Waals surface area contributed by atoms with E-state index in [9.17, 15) is 0 Å². The molecule has 0 aliphatic rings. The van der Waals surface area contributed by atoms with Gasteiger partial charge in [0.2, 0.25) is 0 Å². The van der Waals surface area contributed by atoms with E-state index in [4.69, 9.17) is 4.74 Å². The molecule has 0 aromatic carbocycles. The van der Waals surface area contributed by atoms with E-state index in [1.165, 1.54) is 12.5 Å². The summed E-state index contributed by atoms with van der Waals surface area (Å²) >= 11 is 0. The molecule has 3 heteroatoms. The summed E-state index contributed by atoms with van der Waals surface area (Å²) in [4.78, 5) is 2.32. The highest BCUT2D eigenvalue weighted by Crippen LogP contribution is 2.15. The first-order valence-electron chi connectivity index (χ1n) is 5.13. The Morgan fingerprint density at radius 1 is 1.31 bits per heavy atom. The molecule has 0 heterocycles. The lowest BCUT2D eigenvalue weighted by atomic mass is 10.4. The van der Waals surface area contributed by atoms with Gasteiger partial charge in [-0.15, -0.1) is 0 Å². The van der Waals surface area contributed by atoms with Crippen molar-refractivity contribution in [2.75, 3.05) is 20.7 Å². The molecule has 0 spiro atoms. The number of hydrogen-bond donors (Lipinski definition) is 0. The fourth-order valence-corrected chi connectivity index (χ4v) is 2.97. The predicted octanol–water partition coefficient (Wildman–Crippen LogP) is 2.64. The van der Waals surface area contributed by atoms with Crippen molar-refractivity contribution in [3.05, 3.63) is 0 Å². The molecule has 0 aliphatic carbocycles. The van der Waals surface area contributed by atoms with Crippen molar-refractivity contribution in [3.8, 4) is 0 Å². The topological polar surface area (TPSA) is 12.5 Å². The number of hydrogen-bond acceptors (Lipinski definition) is 2. The van der Waals surface area contributed by atoms with Crippen LogP contribution in [0.3, 0.4) is 0 Å². The Kier molecular flexibility index (Phi) is 5.84. The minimum Gasteiger partial charge on any atom is -0.367 e. The second kappa shape index (κ2) is 5.78. The highest BCUT2D eigenvalue weighted by atomic mass is 28.3. The molecule has 0 aromatic rings. The number of nitrogens with zero attached hydrogens (tertiary/aromatic N) is 1. The van der Waals surface area contributed by atoms with Crippen molar-refractivity contribution in [3.63, 3.8) is 0 Å². The lowest BCUT2D eigenvalue weighted by Crippen LogP contribution is -2.39. The van der Waals surface area contributed by atoms with Gasteiger partial charge in [-0.1, -0.05) is 26.6 Å². The van der Waals surface area contributed by atoms with E-state index in [2.05, 4.69) is 38.5 Å². The van der Waals surface area contributed by atoms with Crippen molar-refractivity contribution in [2.24, 2.45) is 0 Å². The van der Waals surface area contributed by atoms with Crippen molar-refractivity contribution in [1.82, 2.24) is 4.90 Å². The maximum atomic E-state index is 5.50. The van der Waals surface area contributed by atoms with E-state index in [0.717, 1.165) is 6.54 Å². The number of methoxy groups -OCH3 is 1. The minimum absolute atomic E-state index is 0.326. The van der Waals surface area contributed by atoms with Gasteiger partial charge in [-0.25, -0.2) is 0 Å². The molecule has 80 valence electrons. The Bertz CT molecular complexity index is 133. The first kappa shape index (κ1) is 13.1. The Morgan fingerprint density at radius 2 is 1.85 bits per heavy atom. The molecule has 0 amide bonds. The van der Waals surface area contributed by atoms with Crippen LogP contribution in [0.4, 0.5) is 0 Å². The van der Waals surface area contributed by atoms with Crippen molar-refractivity contribution >= 4 is 8.07 Å². The van der Waals surface area contributed by atoms with Crippen LogP contribution in [0.25, 0.3) is 0 Å². The number of rotatable bonds is 6. The lowest BCUT2D eigenvalue weighted by molar-refractivity contribution is -0.00398. The standard InChI is InChI=1S/C10H25NOSi/c1-7-8-11(2)10(12-3)9-13(4,5)6/h10H,7-9H2,1-6H3. The van der Waals surface area contributed by atoms with E-state index >= 15 is 0 Å². The van der Waals surface area contributed by atoms with Crippen LogP contribution in [0, 0.1) is 0 Å². The zero-order chi connectivity index (χ0) is 10.5. The van der Waals surface area contributed by atoms with E-state index in [1.807, 2.05) is 7.11 Å². The van der Waals surface area contributed by atoms with Crippen molar-refractivity contribution in [1.29, 1.82) is 0 Å². The van der Waals surface area contributed by atoms with Crippen LogP contribution in [-0.4, -0.2) is 39.9 Å². The molecule has 0 radical (unpaired) electrons. The molecule has 1 atom stereocenters. The monoisotopic (exact) mass is 203 g/mol. The molecule has 13 heavy (non-hydrogen) atoms. The first-order valence-corrected chi connectivity index (χ1v) is 8.84. The van der Waals surface area contributed by atoms with Crippen LogP contribution in [-0.2, 0) is 4.74 Å². The van der Waals surface area contributed by atoms with E-state index in [0.29, 0.717) is 6.23 Å². The SMILES string of the molecule is CCCN(C)C(C[Si](C)(C)C)OC. The van der Waals surface area contributed by atoms with Gasteiger partial charge in [-0.05, 0) is 26.1 Å². The Hall–Kier alpha value is 0.137. The summed E-state index contributed by atoms with van der Waals surface area (Å²) in [5.74, 6) is 0. The normalized spacial score (nSPS) is 15.0. The van der Waals surface area contributed by atoms with Gasteiger partial charge in [0.05, 0.1) is 0 Å². The van der Waals surface area contributed by atoms with Gasteiger partial charge in [-0.3, -0.25) is 4.90 Å². The van der Waals surface area contributed by atoms with Gasteiger partial charge < -0.3 is 4.74 Å². The largest absolute Gasteiger partial charge is 0.367 e. The summed E-state index contributed by atoms with van der Waals surface area (Å²) in [5, 5.41) is 0. The van der Waals surface area contributed by atoms with Crippen LogP contribution in [0.5, 0.6) is 0 Å². The summed E-state index contributed by atoms with van der Waals surface area (Å²) in [5.41, 5.74) is 0. The summed E-state index contributed by atoms with van der Waals surface area (Å²) in [6, 6.07) is 1.22. The second-order valence-electron chi connectivity index (χ2n) is 4.94. The van der Waals surface area contributed by atoms with E-state index in [-0.39, 0.29) is 0 Å². The van der Waals surface area contributed by atoms with Gasteiger partial charge in [0.1, 0.15) is 6.23 Å². The Morgan fingerprint density at radius 3 is 2.15 bits per heavy atom. The molecule has 1 unspecified atom stereocenters. The summed E-state index contributed by atoms with van der Waals surface area (Å²) < 4.78 is 5.50. The third-order valence-electron chi connectivity index (χ3n) is 2.13. The molecule has 0 aliphatic heterocycles. The third-order valence-corrected chi connectivity index (χ3v) is 3.70. The summed E-state index contributed by atoms with van der Waals surface area (Å²) in [6.45, 7) is 10.5. The van der Waals surface area contributed by atoms with Gasteiger partial charge in [-0.2, -0.15) is 0 Å². The van der Waals surface area contributed by atoms with Gasteiger partial charge in [0.15, 0.2) is 0 Å². The maximum Gasteiger partial charge on any atom is 0.107 e. The average Bonchev–Trinajstić information content (AvgIpc) is 1.99. The van der Waals surface area contributed by atoms with Gasteiger partial charge >= 0.3 is 0 Å². The molecule has 0 N–H and O–H groups in total. The molecular formula is C10H25NOSi. The van der Waals surface area contributed by atoms with Crippen LogP contribution in [0.15, 0.2) is 0 Å². The molecule has 0 rings (SSSR count). The zero-order valence-electron chi connectivity index (χ0n) is 10.1. The lowest BCUT2D eigenvalue weighted by Gasteiger charge is -2.30. The van der Waals surface area contributed by atoms with Crippen LogP contribution >= 0.6 is 0 Å². The van der Waals surface area contributed by atoms with Crippen molar-refractivity contribution < 1.29 is 4.74 Å². The smallest absolute Gasteiger partial charge is 0.107 e. The third kappa shape index (κ3) is 6.24. The highest BCUT2D eigenvalue weighted by molar-refractivity contribution is 6.76. The van der Waals surface area contributed by atoms with Crippen LogP contribution < -0.4 is 0 Å². The fourth-order valence-electron chi connectivity index (χ4n) is 1.44. The molecule has 2 nitrogen and oxygen atoms in total. The van der Waals surface area contributed by atoms with Crippen molar-refractivity contribution in [2.45, 2.75) is 45.3 Å². The molecule has 0 bridgehead atoms. The Labute approximate surface area is 84.3 Å². The minimum atomic E-state index is -1.000. The molecular weight excluding hydrogens is 178 g/mol. The van der Waals surface area contributed by atoms with E-state index < -0.39 is 8.07 Å². The van der Waals surface area contributed by atoms with Gasteiger partial charge in [0.25, 0.3) is 0 Å². The van der Waals surface area contributed by atoms with E-state index in [1.54, 1.807) is 0 Å². The highest BCUT2D eigenvalue weighted by Gasteiger charge is 2.22. The van der Waals surface area contributed by atoms with Crippen LogP contribution in [0.2, 0.25) is 25.7 Å². The zero-order valence-corrected chi connectivity index (χ0v) is 11.1. The quantitative estimate of drug-likeness (QED) is 0.486. The molecule has 0 saturated carbocycles. The maximum absolute atomic E-state index is 5.50. The Balaban J connectivity index is 4.01. The average molecular weight is 203 g/mol. The summed E-state index contributed by atoms with van der Waals surface area (Å²) in [7, 11) is 2.97. The molecule has 0 aromatic heterocycles. The number of ether oxygens (including phenoxy) is 1. The first-order chi connectivity index (χ1) is 5.90. The second-order valence-corrected chi connectivity index (χ2v) is 10.5. The molecule has 0 saturated heterocycles. The summed E-state index contributed by atoms with van der Waals surface area (Å²) in [6.07, 6.45) is 1.52. The predicted molar refractivity (Wildman–Crippen MR) is 61.9 cm³/mol.